The molecule has 4 aromatic rings. The van der Waals surface area contributed by atoms with Crippen LogP contribution in [0.3, 0.4) is 0 Å². The van der Waals surface area contributed by atoms with E-state index in [1.165, 1.54) is 0 Å². The number of carbonyl (C=O) groups excluding carboxylic acids is 1. The summed E-state index contributed by atoms with van der Waals surface area (Å²) in [6, 6.07) is 11.5. The van der Waals surface area contributed by atoms with E-state index in [1.807, 2.05) is 65.0 Å². The van der Waals surface area contributed by atoms with Gasteiger partial charge in [-0.2, -0.15) is 0 Å². The summed E-state index contributed by atoms with van der Waals surface area (Å²) in [6.45, 7) is 11.4. The average Bonchev–Trinajstić information content (AvgIpc) is 3.20. The van der Waals surface area contributed by atoms with Crippen LogP contribution in [0.25, 0.3) is 22.0 Å². The van der Waals surface area contributed by atoms with Crippen LogP contribution in [0.1, 0.15) is 50.7 Å². The van der Waals surface area contributed by atoms with Crippen LogP contribution in [0.4, 0.5) is 5.82 Å². The highest BCUT2D eigenvalue weighted by molar-refractivity contribution is 6.34. The van der Waals surface area contributed by atoms with Gasteiger partial charge in [-0.05, 0) is 75.9 Å². The molecule has 0 saturated heterocycles. The van der Waals surface area contributed by atoms with E-state index < -0.39 is 5.60 Å². The third-order valence-corrected chi connectivity index (χ3v) is 7.81. The van der Waals surface area contributed by atoms with Crippen LogP contribution in [0.5, 0.6) is 11.5 Å². The number of nitrogen functional groups attached to an aromatic ring is 1. The van der Waals surface area contributed by atoms with Gasteiger partial charge in [0.15, 0.2) is 5.60 Å². The summed E-state index contributed by atoms with van der Waals surface area (Å²) in [4.78, 5) is 19.1. The van der Waals surface area contributed by atoms with Crippen LogP contribution in [0, 0.1) is 34.6 Å². The first-order valence-corrected chi connectivity index (χ1v) is 12.3. The van der Waals surface area contributed by atoms with Gasteiger partial charge in [-0.1, -0.05) is 41.4 Å². The summed E-state index contributed by atoms with van der Waals surface area (Å²) in [7, 11) is 0. The first-order chi connectivity index (χ1) is 16.9. The fraction of sp³-hybridized carbons (Fsp3) is 0.267. The predicted octanol–water partition coefficient (Wildman–Crippen LogP) is 6.96. The maximum Gasteiger partial charge on any atom is 0.210 e. The van der Waals surface area contributed by atoms with Gasteiger partial charge in [0.2, 0.25) is 5.78 Å². The summed E-state index contributed by atoms with van der Waals surface area (Å²) in [6.07, 6.45) is 0.313. The summed E-state index contributed by atoms with van der Waals surface area (Å²) in [5.74, 6) is 0.761. The zero-order valence-corrected chi connectivity index (χ0v) is 22.1. The molecule has 0 bridgehead atoms. The number of Topliss-reactive ketones (excluding diaryl/α,β-unsaturated/α-hetero) is 1. The van der Waals surface area contributed by atoms with Crippen LogP contribution in [0.2, 0.25) is 5.02 Å². The van der Waals surface area contributed by atoms with Crippen molar-refractivity contribution in [3.8, 4) is 22.6 Å². The standard InChI is InChI=1S/C30H29ClN2O3/c1-14-11-15(2)25-20(12-14)23(19-9-7-8-10-22(19)31)24(29(32)33-25)28(35)30(6)13-21-18(5)26(34)16(3)17(4)27(21)36-30/h7-12,34H,13H2,1-6H3,(H2,32,33). The van der Waals surface area contributed by atoms with Gasteiger partial charge in [-0.25, -0.2) is 4.98 Å². The van der Waals surface area contributed by atoms with Crippen molar-refractivity contribution in [2.45, 2.75) is 53.6 Å². The number of aryl methyl sites for hydroxylation is 2. The number of nitrogens with two attached hydrogens (primary N) is 1. The van der Waals surface area contributed by atoms with Crippen LogP contribution < -0.4 is 10.5 Å². The number of phenolic OH excluding ortho intramolecular Hbond substituents is 1. The van der Waals surface area contributed by atoms with Gasteiger partial charge in [-0.15, -0.1) is 0 Å². The first kappa shape index (κ1) is 24.1. The van der Waals surface area contributed by atoms with Crippen molar-refractivity contribution in [3.05, 3.63) is 80.4 Å². The Morgan fingerprint density at radius 3 is 2.47 bits per heavy atom. The Bertz CT molecular complexity index is 1570. The molecule has 1 atom stereocenters. The molecule has 0 radical (unpaired) electrons. The lowest BCUT2D eigenvalue weighted by atomic mass is 9.84. The molecular weight excluding hydrogens is 472 g/mol. The molecule has 5 nitrogen and oxygen atoms in total. The van der Waals surface area contributed by atoms with E-state index in [0.717, 1.165) is 44.3 Å². The molecule has 184 valence electrons. The number of fused-ring (bicyclic) bond motifs is 2. The van der Waals surface area contributed by atoms with Crippen molar-refractivity contribution in [1.82, 2.24) is 4.98 Å². The lowest BCUT2D eigenvalue weighted by molar-refractivity contribution is 0.0598. The lowest BCUT2D eigenvalue weighted by Crippen LogP contribution is -2.41. The smallest absolute Gasteiger partial charge is 0.210 e. The second-order valence-corrected chi connectivity index (χ2v) is 10.5. The zero-order chi connectivity index (χ0) is 26.1. The highest BCUT2D eigenvalue weighted by Crippen LogP contribution is 2.48. The molecule has 5 rings (SSSR count). The Balaban J connectivity index is 1.79. The molecule has 0 fully saturated rings. The number of phenols is 1. The molecule has 0 aliphatic carbocycles. The highest BCUT2D eigenvalue weighted by Gasteiger charge is 2.46. The molecule has 3 N–H and O–H groups in total. The molecule has 36 heavy (non-hydrogen) atoms. The maximum absolute atomic E-state index is 14.4. The Hall–Kier alpha value is -3.57. The highest BCUT2D eigenvalue weighted by atomic mass is 35.5. The van der Waals surface area contributed by atoms with Crippen molar-refractivity contribution in [3.63, 3.8) is 0 Å². The number of aromatic nitrogens is 1. The monoisotopic (exact) mass is 500 g/mol. The Morgan fingerprint density at radius 2 is 1.78 bits per heavy atom. The molecule has 2 heterocycles. The second-order valence-electron chi connectivity index (χ2n) is 10.1. The fourth-order valence-electron chi connectivity index (χ4n) is 5.42. The fourth-order valence-corrected chi connectivity index (χ4v) is 5.65. The normalized spacial score (nSPS) is 16.8. The summed E-state index contributed by atoms with van der Waals surface area (Å²) >= 11 is 6.68. The molecule has 0 saturated carbocycles. The number of aromatic hydroxyl groups is 1. The van der Waals surface area contributed by atoms with E-state index in [2.05, 4.69) is 4.98 Å². The number of halogens is 1. The topological polar surface area (TPSA) is 85.4 Å². The van der Waals surface area contributed by atoms with E-state index in [9.17, 15) is 9.90 Å². The number of ether oxygens (including phenoxy) is 1. The molecule has 6 heteroatoms. The summed E-state index contributed by atoms with van der Waals surface area (Å²) < 4.78 is 6.42. The van der Waals surface area contributed by atoms with Gasteiger partial charge in [0, 0.05) is 33.5 Å². The first-order valence-electron chi connectivity index (χ1n) is 12.0. The minimum atomic E-state index is -1.23. The number of benzene rings is 3. The van der Waals surface area contributed by atoms with Gasteiger partial charge >= 0.3 is 0 Å². The van der Waals surface area contributed by atoms with Gasteiger partial charge in [0.05, 0.1) is 11.1 Å². The van der Waals surface area contributed by atoms with E-state index in [0.29, 0.717) is 33.9 Å². The number of rotatable bonds is 3. The van der Waals surface area contributed by atoms with E-state index >= 15 is 0 Å². The Kier molecular flexibility index (Phi) is 5.53. The second kappa shape index (κ2) is 8.24. The number of nitrogens with zero attached hydrogens (tertiary/aromatic N) is 1. The largest absolute Gasteiger partial charge is 0.507 e. The predicted molar refractivity (Wildman–Crippen MR) is 145 cm³/mol. The number of pyridine rings is 1. The van der Waals surface area contributed by atoms with Crippen molar-refractivity contribution >= 4 is 34.1 Å². The lowest BCUT2D eigenvalue weighted by Gasteiger charge is -2.26. The Morgan fingerprint density at radius 1 is 1.08 bits per heavy atom. The number of hydrogen-bond donors (Lipinski definition) is 2. The average molecular weight is 501 g/mol. The number of ketones is 1. The van der Waals surface area contributed by atoms with E-state index in [-0.39, 0.29) is 17.4 Å². The molecule has 1 aliphatic heterocycles. The SMILES string of the molecule is Cc1cc(C)c2nc(N)c(C(=O)C3(C)Cc4c(C)c(O)c(C)c(C)c4O3)c(-c3ccccc3Cl)c2c1. The quantitative estimate of drug-likeness (QED) is 0.297. The minimum Gasteiger partial charge on any atom is -0.507 e. The van der Waals surface area contributed by atoms with Crippen molar-refractivity contribution in [2.75, 3.05) is 5.73 Å². The third-order valence-electron chi connectivity index (χ3n) is 7.48. The molecule has 3 aromatic carbocycles. The van der Waals surface area contributed by atoms with Crippen LogP contribution in [-0.4, -0.2) is 21.5 Å². The summed E-state index contributed by atoms with van der Waals surface area (Å²) in [5, 5.41) is 12.0. The van der Waals surface area contributed by atoms with Crippen LogP contribution in [0.15, 0.2) is 36.4 Å². The van der Waals surface area contributed by atoms with Crippen molar-refractivity contribution in [2.24, 2.45) is 0 Å². The zero-order valence-electron chi connectivity index (χ0n) is 21.3. The molecular formula is C30H29ClN2O3. The summed E-state index contributed by atoms with van der Waals surface area (Å²) in [5.41, 5.74) is 12.9. The van der Waals surface area contributed by atoms with Gasteiger partial charge < -0.3 is 15.6 Å². The van der Waals surface area contributed by atoms with Crippen molar-refractivity contribution < 1.29 is 14.6 Å². The third kappa shape index (κ3) is 3.45. The molecule has 1 aromatic heterocycles. The van der Waals surface area contributed by atoms with E-state index in [4.69, 9.17) is 22.1 Å². The number of anilines is 1. The molecule has 0 spiro atoms. The van der Waals surface area contributed by atoms with Crippen molar-refractivity contribution in [1.29, 1.82) is 0 Å². The maximum atomic E-state index is 14.4. The van der Waals surface area contributed by atoms with Crippen LogP contribution in [-0.2, 0) is 6.42 Å². The Labute approximate surface area is 215 Å². The van der Waals surface area contributed by atoms with Gasteiger partial charge in [0.25, 0.3) is 0 Å². The molecule has 1 aliphatic rings. The minimum absolute atomic E-state index is 0.141. The van der Waals surface area contributed by atoms with Crippen LogP contribution >= 0.6 is 11.6 Å². The molecule has 1 unspecified atom stereocenters. The number of carbonyl (C=O) groups is 1. The van der Waals surface area contributed by atoms with E-state index in [1.54, 1.807) is 13.0 Å². The number of hydrogen-bond acceptors (Lipinski definition) is 5. The molecule has 0 amide bonds. The van der Waals surface area contributed by atoms with Gasteiger partial charge in [-0.3, -0.25) is 4.79 Å². The van der Waals surface area contributed by atoms with Gasteiger partial charge in [0.1, 0.15) is 17.3 Å².